The summed E-state index contributed by atoms with van der Waals surface area (Å²) < 4.78 is 6.03. The molecule has 1 aromatic heterocycles. The van der Waals surface area contributed by atoms with E-state index < -0.39 is 6.10 Å². The highest BCUT2D eigenvalue weighted by atomic mass is 16.5. The number of hydrogen-bond donors (Lipinski definition) is 2. The quantitative estimate of drug-likeness (QED) is 0.731. The number of amides is 1. The first kappa shape index (κ1) is 18.3. The van der Waals surface area contributed by atoms with Gasteiger partial charge in [0.25, 0.3) is 5.91 Å². The summed E-state index contributed by atoms with van der Waals surface area (Å²) in [5.41, 5.74) is 1.39. The Hall–Kier alpha value is -3.12. The fourth-order valence-electron chi connectivity index (χ4n) is 3.60. The number of pyridine rings is 1. The lowest BCUT2D eigenvalue weighted by Crippen LogP contribution is -2.51. The maximum atomic E-state index is 12.9. The zero-order valence-electron chi connectivity index (χ0n) is 15.7. The maximum Gasteiger partial charge on any atom is 0.256 e. The Morgan fingerprint density at radius 1 is 1.21 bits per heavy atom. The average molecular weight is 377 g/mol. The first-order valence-corrected chi connectivity index (χ1v) is 9.40. The van der Waals surface area contributed by atoms with Gasteiger partial charge >= 0.3 is 0 Å². The first-order chi connectivity index (χ1) is 13.7. The van der Waals surface area contributed by atoms with E-state index >= 15 is 0 Å². The molecule has 144 valence electrons. The molecule has 1 fully saturated rings. The number of anilines is 1. The Morgan fingerprint density at radius 3 is 2.89 bits per heavy atom. The molecule has 0 aliphatic carbocycles. The summed E-state index contributed by atoms with van der Waals surface area (Å²) in [6.07, 6.45) is 3.02. The molecule has 2 aromatic carbocycles. The normalized spacial score (nSPS) is 19.4. The molecule has 1 aliphatic heterocycles. The number of benzene rings is 2. The molecule has 2 heterocycles. The second kappa shape index (κ2) is 7.86. The molecule has 4 rings (SSSR count). The lowest BCUT2D eigenvalue weighted by Gasteiger charge is -2.36. The fraction of sp³-hybridized carbons (Fsp3) is 0.273. The number of piperidine rings is 1. The maximum absolute atomic E-state index is 12.9. The van der Waals surface area contributed by atoms with E-state index in [1.165, 1.54) is 0 Å². The molecule has 0 unspecified atom stereocenters. The first-order valence-electron chi connectivity index (χ1n) is 9.40. The zero-order chi connectivity index (χ0) is 19.5. The van der Waals surface area contributed by atoms with Crippen LogP contribution in [0.4, 0.5) is 5.69 Å². The van der Waals surface area contributed by atoms with E-state index in [2.05, 4.69) is 10.3 Å². The van der Waals surface area contributed by atoms with Gasteiger partial charge in [-0.2, -0.15) is 0 Å². The molecule has 6 heteroatoms. The summed E-state index contributed by atoms with van der Waals surface area (Å²) >= 11 is 0. The number of nitrogens with one attached hydrogen (secondary N) is 1. The fourth-order valence-corrected chi connectivity index (χ4v) is 3.60. The van der Waals surface area contributed by atoms with Gasteiger partial charge < -0.3 is 20.1 Å². The SMILES string of the molecule is CNc1ccccc1C(=O)N1CC[C@@H](Oc2ccc3ccncc3c2)[C@H](O)C1. The highest BCUT2D eigenvalue weighted by molar-refractivity contribution is 5.99. The number of aliphatic hydroxyl groups is 1. The number of aromatic nitrogens is 1. The van der Waals surface area contributed by atoms with E-state index in [0.717, 1.165) is 16.5 Å². The predicted molar refractivity (Wildman–Crippen MR) is 109 cm³/mol. The van der Waals surface area contributed by atoms with Gasteiger partial charge in [-0.15, -0.1) is 0 Å². The van der Waals surface area contributed by atoms with Crippen molar-refractivity contribution in [2.75, 3.05) is 25.5 Å². The smallest absolute Gasteiger partial charge is 0.256 e. The second-order valence-electron chi connectivity index (χ2n) is 6.94. The summed E-state index contributed by atoms with van der Waals surface area (Å²) in [5.74, 6) is 0.615. The highest BCUT2D eigenvalue weighted by Gasteiger charge is 2.32. The van der Waals surface area contributed by atoms with Crippen molar-refractivity contribution in [2.24, 2.45) is 0 Å². The number of rotatable bonds is 4. The number of nitrogens with zero attached hydrogens (tertiary/aromatic N) is 2. The van der Waals surface area contributed by atoms with Crippen LogP contribution in [0.3, 0.4) is 0 Å². The monoisotopic (exact) mass is 377 g/mol. The number of carbonyl (C=O) groups excluding carboxylic acids is 1. The molecule has 6 nitrogen and oxygen atoms in total. The van der Waals surface area contributed by atoms with E-state index in [0.29, 0.717) is 24.3 Å². The van der Waals surface area contributed by atoms with Crippen LogP contribution in [0.5, 0.6) is 5.75 Å². The van der Waals surface area contributed by atoms with Gasteiger partial charge in [0.1, 0.15) is 18.0 Å². The van der Waals surface area contributed by atoms with Crippen molar-refractivity contribution in [3.8, 4) is 5.75 Å². The van der Waals surface area contributed by atoms with Crippen LogP contribution in [0.15, 0.2) is 60.9 Å². The van der Waals surface area contributed by atoms with Gasteiger partial charge in [0, 0.05) is 43.5 Å². The van der Waals surface area contributed by atoms with Crippen molar-refractivity contribution in [1.29, 1.82) is 0 Å². The molecule has 3 aromatic rings. The minimum Gasteiger partial charge on any atom is -0.488 e. The standard InChI is InChI=1S/C22H23N3O3/c1-23-19-5-3-2-4-18(19)22(27)25-11-9-21(20(26)14-25)28-17-7-6-15-8-10-24-13-16(15)12-17/h2-8,10,12-13,20-21,23,26H,9,11,14H2,1H3/t20-,21-/m1/s1. The number of β-amino-alcohol motifs (C(OH)–C–C–N with tert-alkyl or cyclic N) is 1. The lowest BCUT2D eigenvalue weighted by molar-refractivity contribution is -0.0198. The summed E-state index contributed by atoms with van der Waals surface area (Å²) in [6.45, 7) is 0.782. The average Bonchev–Trinajstić information content (AvgIpc) is 2.74. The minimum absolute atomic E-state index is 0.0840. The van der Waals surface area contributed by atoms with Gasteiger partial charge in [0.2, 0.25) is 0 Å². The molecule has 0 saturated carbocycles. The van der Waals surface area contributed by atoms with Crippen LogP contribution >= 0.6 is 0 Å². The summed E-state index contributed by atoms with van der Waals surface area (Å²) in [4.78, 5) is 18.7. The Bertz CT molecular complexity index is 991. The minimum atomic E-state index is -0.746. The Labute approximate surface area is 163 Å². The third-order valence-electron chi connectivity index (χ3n) is 5.13. The van der Waals surface area contributed by atoms with Gasteiger partial charge in [-0.05, 0) is 35.7 Å². The molecule has 0 spiro atoms. The Balaban J connectivity index is 1.44. The number of aliphatic hydroxyl groups excluding tert-OH is 1. The van der Waals surface area contributed by atoms with Crippen LogP contribution in [0, 0.1) is 0 Å². The van der Waals surface area contributed by atoms with E-state index in [9.17, 15) is 9.90 Å². The van der Waals surface area contributed by atoms with Crippen LogP contribution in [0.2, 0.25) is 0 Å². The van der Waals surface area contributed by atoms with Crippen LogP contribution < -0.4 is 10.1 Å². The van der Waals surface area contributed by atoms with Gasteiger partial charge in [-0.25, -0.2) is 0 Å². The number of fused-ring (bicyclic) bond motifs is 1. The van der Waals surface area contributed by atoms with Crippen molar-refractivity contribution in [2.45, 2.75) is 18.6 Å². The number of likely N-dealkylation sites (tertiary alicyclic amines) is 1. The molecule has 28 heavy (non-hydrogen) atoms. The number of hydrogen-bond acceptors (Lipinski definition) is 5. The topological polar surface area (TPSA) is 74.7 Å². The van der Waals surface area contributed by atoms with Crippen LogP contribution in [0.1, 0.15) is 16.8 Å². The van der Waals surface area contributed by atoms with E-state index in [1.54, 1.807) is 30.4 Å². The van der Waals surface area contributed by atoms with Gasteiger partial charge in [0.05, 0.1) is 12.1 Å². The second-order valence-corrected chi connectivity index (χ2v) is 6.94. The number of carbonyl (C=O) groups is 1. The van der Waals surface area contributed by atoms with Crippen molar-refractivity contribution in [3.63, 3.8) is 0 Å². The van der Waals surface area contributed by atoms with Crippen molar-refractivity contribution < 1.29 is 14.6 Å². The third kappa shape index (κ3) is 3.64. The Kier molecular flexibility index (Phi) is 5.12. The van der Waals surface area contributed by atoms with Crippen molar-refractivity contribution in [3.05, 3.63) is 66.5 Å². The van der Waals surface area contributed by atoms with Crippen LogP contribution in [-0.2, 0) is 0 Å². The zero-order valence-corrected chi connectivity index (χ0v) is 15.7. The molecular weight excluding hydrogens is 354 g/mol. The van der Waals surface area contributed by atoms with Gasteiger partial charge in [0.15, 0.2) is 0 Å². The van der Waals surface area contributed by atoms with Gasteiger partial charge in [-0.3, -0.25) is 9.78 Å². The van der Waals surface area contributed by atoms with Gasteiger partial charge in [-0.1, -0.05) is 18.2 Å². The summed E-state index contributed by atoms with van der Waals surface area (Å²) in [7, 11) is 1.79. The molecule has 1 aliphatic rings. The molecule has 0 bridgehead atoms. The third-order valence-corrected chi connectivity index (χ3v) is 5.13. The number of ether oxygens (including phenoxy) is 1. The highest BCUT2D eigenvalue weighted by Crippen LogP contribution is 2.25. The Morgan fingerprint density at radius 2 is 2.07 bits per heavy atom. The van der Waals surface area contributed by atoms with Crippen LogP contribution in [0.25, 0.3) is 10.8 Å². The summed E-state index contributed by atoms with van der Waals surface area (Å²) in [6, 6.07) is 15.1. The molecule has 2 N–H and O–H groups in total. The largest absolute Gasteiger partial charge is 0.488 e. The molecule has 1 saturated heterocycles. The lowest BCUT2D eigenvalue weighted by atomic mass is 10.0. The van der Waals surface area contributed by atoms with Crippen molar-refractivity contribution in [1.82, 2.24) is 9.88 Å². The van der Waals surface area contributed by atoms with E-state index in [-0.39, 0.29) is 18.6 Å². The molecule has 0 radical (unpaired) electrons. The molecular formula is C22H23N3O3. The molecule has 2 atom stereocenters. The van der Waals surface area contributed by atoms with E-state index in [4.69, 9.17) is 4.74 Å². The summed E-state index contributed by atoms with van der Waals surface area (Å²) in [5, 5.41) is 15.7. The van der Waals surface area contributed by atoms with Crippen molar-refractivity contribution >= 4 is 22.4 Å². The van der Waals surface area contributed by atoms with E-state index in [1.807, 2.05) is 42.5 Å². The number of para-hydroxylation sites is 1. The predicted octanol–water partition coefficient (Wildman–Crippen LogP) is 2.93. The molecule has 1 amide bonds. The van der Waals surface area contributed by atoms with Crippen LogP contribution in [-0.4, -0.2) is 53.2 Å².